The van der Waals surface area contributed by atoms with Crippen molar-refractivity contribution in [3.63, 3.8) is 0 Å². The molecule has 0 amide bonds. The van der Waals surface area contributed by atoms with Crippen molar-refractivity contribution < 1.29 is 14.3 Å². The number of benzene rings is 1. The number of nitrogens with two attached hydrogens (primary N) is 1. The quantitative estimate of drug-likeness (QED) is 0.650. The van der Waals surface area contributed by atoms with Crippen molar-refractivity contribution in [1.82, 2.24) is 0 Å². The van der Waals surface area contributed by atoms with Gasteiger partial charge in [0.2, 0.25) is 0 Å². The molecular formula is C12H14ClNO3. The number of nitrogen functional groups attached to an aromatic ring is 1. The van der Waals surface area contributed by atoms with E-state index in [1.54, 1.807) is 18.2 Å². The number of halogens is 1. The first kappa shape index (κ1) is 12.2. The number of carbonyl (C=O) groups is 1. The monoisotopic (exact) mass is 255 g/mol. The second-order valence-electron chi connectivity index (χ2n) is 3.95. The van der Waals surface area contributed by atoms with Gasteiger partial charge in [0.1, 0.15) is 6.10 Å². The van der Waals surface area contributed by atoms with E-state index in [-0.39, 0.29) is 11.1 Å². The van der Waals surface area contributed by atoms with Crippen LogP contribution in [0.3, 0.4) is 0 Å². The summed E-state index contributed by atoms with van der Waals surface area (Å²) in [7, 11) is 0. The highest BCUT2D eigenvalue weighted by Crippen LogP contribution is 2.24. The van der Waals surface area contributed by atoms with Gasteiger partial charge >= 0.3 is 5.97 Å². The molecule has 0 aromatic heterocycles. The third-order valence-corrected chi connectivity index (χ3v) is 3.06. The largest absolute Gasteiger partial charge is 0.456 e. The van der Waals surface area contributed by atoms with Crippen LogP contribution in [0.4, 0.5) is 5.69 Å². The minimum Gasteiger partial charge on any atom is -0.456 e. The Hall–Kier alpha value is -1.26. The molecule has 1 fully saturated rings. The molecule has 4 nitrogen and oxygen atoms in total. The van der Waals surface area contributed by atoms with Gasteiger partial charge in [-0.25, -0.2) is 4.79 Å². The molecule has 1 aliphatic rings. The van der Waals surface area contributed by atoms with Crippen LogP contribution < -0.4 is 5.73 Å². The van der Waals surface area contributed by atoms with Crippen molar-refractivity contribution in [3.05, 3.63) is 28.8 Å². The minimum absolute atomic E-state index is 0.186. The first-order valence-corrected chi connectivity index (χ1v) is 5.89. The maximum atomic E-state index is 11.9. The average Bonchev–Trinajstić information content (AvgIpc) is 2.34. The summed E-state index contributed by atoms with van der Waals surface area (Å²) < 4.78 is 10.5. The summed E-state index contributed by atoms with van der Waals surface area (Å²) in [5, 5.41) is 0.245. The number of hydrogen-bond donors (Lipinski definition) is 1. The molecule has 0 bridgehead atoms. The summed E-state index contributed by atoms with van der Waals surface area (Å²) in [6, 6.07) is 4.92. The van der Waals surface area contributed by atoms with Crippen LogP contribution >= 0.6 is 11.6 Å². The highest BCUT2D eigenvalue weighted by Gasteiger charge is 2.21. The maximum Gasteiger partial charge on any atom is 0.340 e. The Balaban J connectivity index is 2.06. The van der Waals surface area contributed by atoms with Crippen molar-refractivity contribution in [1.29, 1.82) is 0 Å². The number of anilines is 1. The smallest absolute Gasteiger partial charge is 0.340 e. The van der Waals surface area contributed by atoms with Crippen LogP contribution in [0.15, 0.2) is 18.2 Å². The SMILES string of the molecule is Nc1cccc(C(=O)OC2CCCOC2)c1Cl. The molecular weight excluding hydrogens is 242 g/mol. The summed E-state index contributed by atoms with van der Waals surface area (Å²) >= 11 is 5.95. The lowest BCUT2D eigenvalue weighted by Crippen LogP contribution is -2.28. The van der Waals surface area contributed by atoms with Gasteiger partial charge in [-0.15, -0.1) is 0 Å². The van der Waals surface area contributed by atoms with Gasteiger partial charge in [0.25, 0.3) is 0 Å². The van der Waals surface area contributed by atoms with Gasteiger partial charge in [-0.1, -0.05) is 17.7 Å². The molecule has 2 N–H and O–H groups in total. The fourth-order valence-corrected chi connectivity index (χ4v) is 1.93. The normalized spacial score (nSPS) is 19.9. The van der Waals surface area contributed by atoms with Crippen LogP contribution in [0.2, 0.25) is 5.02 Å². The molecule has 0 aliphatic carbocycles. The van der Waals surface area contributed by atoms with Crippen molar-refractivity contribution >= 4 is 23.3 Å². The lowest BCUT2D eigenvalue weighted by molar-refractivity contribution is -0.0305. The Kier molecular flexibility index (Phi) is 3.86. The van der Waals surface area contributed by atoms with E-state index in [1.165, 1.54) is 0 Å². The minimum atomic E-state index is -0.446. The van der Waals surface area contributed by atoms with E-state index in [2.05, 4.69) is 0 Å². The van der Waals surface area contributed by atoms with Gasteiger partial charge in [-0.05, 0) is 25.0 Å². The van der Waals surface area contributed by atoms with Crippen LogP contribution in [0.1, 0.15) is 23.2 Å². The molecule has 1 atom stereocenters. The molecule has 17 heavy (non-hydrogen) atoms. The highest BCUT2D eigenvalue weighted by molar-refractivity contribution is 6.36. The van der Waals surface area contributed by atoms with E-state index in [0.717, 1.165) is 19.4 Å². The van der Waals surface area contributed by atoms with E-state index in [4.69, 9.17) is 26.8 Å². The summed E-state index contributed by atoms with van der Waals surface area (Å²) in [6.45, 7) is 1.18. The van der Waals surface area contributed by atoms with Crippen molar-refractivity contribution in [2.45, 2.75) is 18.9 Å². The number of hydrogen-bond acceptors (Lipinski definition) is 4. The predicted molar refractivity (Wildman–Crippen MR) is 65.1 cm³/mol. The molecule has 0 spiro atoms. The Morgan fingerprint density at radius 1 is 1.53 bits per heavy atom. The van der Waals surface area contributed by atoms with E-state index in [0.29, 0.717) is 17.9 Å². The van der Waals surface area contributed by atoms with Crippen molar-refractivity contribution in [2.24, 2.45) is 0 Å². The van der Waals surface area contributed by atoms with Crippen LogP contribution in [0, 0.1) is 0 Å². The molecule has 1 aliphatic heterocycles. The summed E-state index contributed by atoms with van der Waals surface area (Å²) in [4.78, 5) is 11.9. The van der Waals surface area contributed by atoms with E-state index >= 15 is 0 Å². The van der Waals surface area contributed by atoms with Gasteiger partial charge in [0, 0.05) is 6.61 Å². The van der Waals surface area contributed by atoms with Crippen molar-refractivity contribution in [3.8, 4) is 0 Å². The second-order valence-corrected chi connectivity index (χ2v) is 4.33. The number of rotatable bonds is 2. The van der Waals surface area contributed by atoms with E-state index < -0.39 is 5.97 Å². The van der Waals surface area contributed by atoms with Crippen molar-refractivity contribution in [2.75, 3.05) is 18.9 Å². The maximum absolute atomic E-state index is 11.9. The molecule has 0 saturated carbocycles. The zero-order chi connectivity index (χ0) is 12.3. The summed E-state index contributed by atoms with van der Waals surface area (Å²) in [5.41, 5.74) is 6.31. The number of carbonyl (C=O) groups excluding carboxylic acids is 1. The van der Waals surface area contributed by atoms with Gasteiger partial charge in [-0.2, -0.15) is 0 Å². The van der Waals surface area contributed by atoms with Crippen LogP contribution in [-0.2, 0) is 9.47 Å². The van der Waals surface area contributed by atoms with Crippen LogP contribution in [0.25, 0.3) is 0 Å². The van der Waals surface area contributed by atoms with Crippen LogP contribution in [-0.4, -0.2) is 25.3 Å². The number of esters is 1. The fraction of sp³-hybridized carbons (Fsp3) is 0.417. The van der Waals surface area contributed by atoms with Gasteiger partial charge in [-0.3, -0.25) is 0 Å². The molecule has 0 radical (unpaired) electrons. The predicted octanol–water partition coefficient (Wildman–Crippen LogP) is 2.26. The first-order chi connectivity index (χ1) is 8.18. The van der Waals surface area contributed by atoms with E-state index in [9.17, 15) is 4.79 Å². The molecule has 92 valence electrons. The Bertz CT molecular complexity index is 416. The zero-order valence-electron chi connectivity index (χ0n) is 9.32. The highest BCUT2D eigenvalue weighted by atomic mass is 35.5. The Labute approximate surface area is 105 Å². The lowest BCUT2D eigenvalue weighted by atomic mass is 10.1. The van der Waals surface area contributed by atoms with Gasteiger partial charge in [0.15, 0.2) is 0 Å². The molecule has 2 rings (SSSR count). The summed E-state index contributed by atoms with van der Waals surface area (Å²) in [6.07, 6.45) is 1.54. The number of ether oxygens (including phenoxy) is 2. The Morgan fingerprint density at radius 3 is 3.06 bits per heavy atom. The van der Waals surface area contributed by atoms with E-state index in [1.807, 2.05) is 0 Å². The zero-order valence-corrected chi connectivity index (χ0v) is 10.1. The molecule has 5 heteroatoms. The molecule has 1 heterocycles. The third kappa shape index (κ3) is 2.90. The van der Waals surface area contributed by atoms with Gasteiger partial charge in [0.05, 0.1) is 22.9 Å². The lowest BCUT2D eigenvalue weighted by Gasteiger charge is -2.22. The van der Waals surface area contributed by atoms with Gasteiger partial charge < -0.3 is 15.2 Å². The average molecular weight is 256 g/mol. The molecule has 1 unspecified atom stereocenters. The Morgan fingerprint density at radius 2 is 2.35 bits per heavy atom. The fourth-order valence-electron chi connectivity index (χ4n) is 1.73. The molecule has 1 aromatic carbocycles. The topological polar surface area (TPSA) is 61.6 Å². The first-order valence-electron chi connectivity index (χ1n) is 5.51. The standard InChI is InChI=1S/C12H14ClNO3/c13-11-9(4-1-5-10(11)14)12(15)17-8-3-2-6-16-7-8/h1,4-5,8H,2-3,6-7,14H2. The second kappa shape index (κ2) is 5.38. The molecule has 1 saturated heterocycles. The third-order valence-electron chi connectivity index (χ3n) is 2.64. The molecule has 1 aromatic rings. The van der Waals surface area contributed by atoms with Crippen LogP contribution in [0.5, 0.6) is 0 Å². The summed E-state index contributed by atoms with van der Waals surface area (Å²) in [5.74, 6) is -0.446.